The maximum Gasteiger partial charge on any atom is 0.236 e. The molecule has 0 fully saturated rings. The van der Waals surface area contributed by atoms with E-state index in [1.54, 1.807) is 19.3 Å². The Morgan fingerprint density at radius 1 is 1.75 bits per heavy atom. The summed E-state index contributed by atoms with van der Waals surface area (Å²) in [5.41, 5.74) is 0.475. The minimum Gasteiger partial charge on any atom is -0.469 e. The number of carbonyl (C=O) groups excluding carboxylic acids is 1. The minimum atomic E-state index is 0.475. The van der Waals surface area contributed by atoms with Crippen molar-refractivity contribution in [2.24, 2.45) is 0 Å². The van der Waals surface area contributed by atoms with Crippen LogP contribution in [-0.4, -0.2) is 6.29 Å². The van der Waals surface area contributed by atoms with Gasteiger partial charge in [0.05, 0.1) is 5.56 Å². The lowest BCUT2D eigenvalue weighted by Gasteiger charge is -1.69. The van der Waals surface area contributed by atoms with Crippen LogP contribution in [0.5, 0.6) is 0 Å². The van der Waals surface area contributed by atoms with Crippen LogP contribution in [0.3, 0.4) is 0 Å². The van der Waals surface area contributed by atoms with Gasteiger partial charge in [-0.3, -0.25) is 4.79 Å². The number of furan rings is 1. The van der Waals surface area contributed by atoms with Crippen molar-refractivity contribution < 1.29 is 9.21 Å². The highest BCUT2D eigenvalue weighted by atomic mass is 16.3. The highest BCUT2D eigenvalue weighted by molar-refractivity contribution is 5.74. The van der Waals surface area contributed by atoms with Crippen LogP contribution in [0, 0.1) is 6.92 Å². The second kappa shape index (κ2) is 1.82. The molecule has 2 heteroatoms. The smallest absolute Gasteiger partial charge is 0.236 e. The highest BCUT2D eigenvalue weighted by Gasteiger charge is 1.92. The van der Waals surface area contributed by atoms with E-state index in [0.717, 1.165) is 5.76 Å². The van der Waals surface area contributed by atoms with Gasteiger partial charge in [-0.15, -0.1) is 0 Å². The van der Waals surface area contributed by atoms with E-state index < -0.39 is 0 Å². The van der Waals surface area contributed by atoms with E-state index in [0.29, 0.717) is 5.56 Å². The lowest BCUT2D eigenvalue weighted by molar-refractivity contribution is 0.531. The Morgan fingerprint density at radius 2 is 2.50 bits per heavy atom. The molecule has 2 nitrogen and oxygen atoms in total. The van der Waals surface area contributed by atoms with Gasteiger partial charge >= 0.3 is 0 Å². The maximum atomic E-state index is 9.83. The summed E-state index contributed by atoms with van der Waals surface area (Å²) in [7, 11) is 0. The third-order valence-corrected chi connectivity index (χ3v) is 0.848. The number of hydrogen-bond donors (Lipinski definition) is 0. The van der Waals surface area contributed by atoms with Gasteiger partial charge in [0.2, 0.25) is 6.29 Å². The Morgan fingerprint density at radius 3 is 2.75 bits per heavy atom. The quantitative estimate of drug-likeness (QED) is 0.539. The number of rotatable bonds is 1. The van der Waals surface area contributed by atoms with E-state index in [1.807, 2.05) is 0 Å². The van der Waals surface area contributed by atoms with E-state index in [1.165, 1.54) is 6.26 Å². The molecule has 0 N–H and O–H groups in total. The van der Waals surface area contributed by atoms with Gasteiger partial charge in [0, 0.05) is 0 Å². The van der Waals surface area contributed by atoms with Gasteiger partial charge in [-0.05, 0) is 13.0 Å². The summed E-state index contributed by atoms with van der Waals surface area (Å²) in [6, 6.07) is 1.63. The molecular formula is C6H5O2. The molecule has 0 saturated heterocycles. The van der Waals surface area contributed by atoms with E-state index in [-0.39, 0.29) is 0 Å². The largest absolute Gasteiger partial charge is 0.469 e. The van der Waals surface area contributed by atoms with Gasteiger partial charge in [-0.1, -0.05) is 0 Å². The first-order valence-electron chi connectivity index (χ1n) is 2.26. The van der Waals surface area contributed by atoms with E-state index in [2.05, 4.69) is 0 Å². The van der Waals surface area contributed by atoms with Crippen LogP contribution >= 0.6 is 0 Å². The molecule has 0 amide bonds. The standard InChI is InChI=1S/C6H5O2/c1-5-2-6(3-7)4-8-5/h2,4H,1H3. The zero-order chi connectivity index (χ0) is 5.98. The van der Waals surface area contributed by atoms with E-state index in [4.69, 9.17) is 4.42 Å². The maximum absolute atomic E-state index is 9.83. The average molecular weight is 109 g/mol. The molecule has 0 aliphatic rings. The fourth-order valence-corrected chi connectivity index (χ4v) is 0.497. The van der Waals surface area contributed by atoms with Crippen molar-refractivity contribution in [3.05, 3.63) is 23.7 Å². The molecule has 1 radical (unpaired) electrons. The molecule has 8 heavy (non-hydrogen) atoms. The van der Waals surface area contributed by atoms with Crippen molar-refractivity contribution in [1.82, 2.24) is 0 Å². The summed E-state index contributed by atoms with van der Waals surface area (Å²) in [6.45, 7) is 1.78. The van der Waals surface area contributed by atoms with Crippen LogP contribution < -0.4 is 0 Å². The summed E-state index contributed by atoms with van der Waals surface area (Å²) >= 11 is 0. The first-order valence-corrected chi connectivity index (χ1v) is 2.26. The molecule has 1 aromatic rings. The van der Waals surface area contributed by atoms with Gasteiger partial charge in [0.25, 0.3) is 0 Å². The second-order valence-electron chi connectivity index (χ2n) is 1.55. The SMILES string of the molecule is Cc1cc([C]=O)co1. The van der Waals surface area contributed by atoms with Crippen LogP contribution in [0.2, 0.25) is 0 Å². The van der Waals surface area contributed by atoms with Crippen molar-refractivity contribution >= 4 is 6.29 Å². The minimum absolute atomic E-state index is 0.475. The van der Waals surface area contributed by atoms with Crippen LogP contribution in [-0.2, 0) is 4.79 Å². The summed E-state index contributed by atoms with van der Waals surface area (Å²) in [5, 5.41) is 0. The molecule has 0 bridgehead atoms. The average Bonchev–Trinajstić information content (AvgIpc) is 2.14. The summed E-state index contributed by atoms with van der Waals surface area (Å²) in [6.07, 6.45) is 3.08. The van der Waals surface area contributed by atoms with Gasteiger partial charge in [-0.25, -0.2) is 0 Å². The highest BCUT2D eigenvalue weighted by Crippen LogP contribution is 2.01. The molecule has 0 spiro atoms. The Labute approximate surface area is 47.1 Å². The number of aryl methyl sites for hydroxylation is 1. The zero-order valence-electron chi connectivity index (χ0n) is 4.47. The Hall–Kier alpha value is -1.05. The first kappa shape index (κ1) is 5.09. The van der Waals surface area contributed by atoms with Gasteiger partial charge in [0.15, 0.2) is 0 Å². The van der Waals surface area contributed by atoms with Gasteiger partial charge in [0.1, 0.15) is 12.0 Å². The molecule has 0 saturated carbocycles. The van der Waals surface area contributed by atoms with Crippen LogP contribution in [0.15, 0.2) is 16.7 Å². The van der Waals surface area contributed by atoms with Crippen LogP contribution in [0.25, 0.3) is 0 Å². The topological polar surface area (TPSA) is 30.2 Å². The van der Waals surface area contributed by atoms with Crippen LogP contribution in [0.4, 0.5) is 0 Å². The molecule has 0 aromatic carbocycles. The Kier molecular flexibility index (Phi) is 1.16. The van der Waals surface area contributed by atoms with Crippen molar-refractivity contribution in [1.29, 1.82) is 0 Å². The predicted octanol–water partition coefficient (Wildman–Crippen LogP) is 1.05. The summed E-state index contributed by atoms with van der Waals surface area (Å²) < 4.78 is 4.79. The molecule has 0 aliphatic carbocycles. The van der Waals surface area contributed by atoms with Crippen molar-refractivity contribution in [3.63, 3.8) is 0 Å². The normalized spacial score (nSPS) is 9.12. The summed E-state index contributed by atoms with van der Waals surface area (Å²) in [4.78, 5) is 9.83. The molecule has 41 valence electrons. The molecule has 0 atom stereocenters. The van der Waals surface area contributed by atoms with Crippen molar-refractivity contribution in [2.45, 2.75) is 6.92 Å². The predicted molar refractivity (Wildman–Crippen MR) is 28.2 cm³/mol. The third-order valence-electron chi connectivity index (χ3n) is 0.848. The third kappa shape index (κ3) is 0.780. The lowest BCUT2D eigenvalue weighted by atomic mass is 10.3. The Bertz CT molecular complexity index is 188. The lowest BCUT2D eigenvalue weighted by Crippen LogP contribution is -1.67. The number of hydrogen-bond acceptors (Lipinski definition) is 2. The van der Waals surface area contributed by atoms with Crippen molar-refractivity contribution in [2.75, 3.05) is 0 Å². The van der Waals surface area contributed by atoms with Crippen LogP contribution in [0.1, 0.15) is 11.3 Å². The fraction of sp³-hybridized carbons (Fsp3) is 0.167. The molecule has 0 unspecified atom stereocenters. The molecular weight excluding hydrogens is 104 g/mol. The van der Waals surface area contributed by atoms with E-state index in [9.17, 15) is 4.79 Å². The summed E-state index contributed by atoms with van der Waals surface area (Å²) in [5.74, 6) is 0.739. The molecule has 1 heterocycles. The fourth-order valence-electron chi connectivity index (χ4n) is 0.497. The Balaban J connectivity index is 3.00. The molecule has 1 aromatic heterocycles. The van der Waals surface area contributed by atoms with Gasteiger partial charge in [-0.2, -0.15) is 0 Å². The monoisotopic (exact) mass is 109 g/mol. The van der Waals surface area contributed by atoms with E-state index >= 15 is 0 Å². The molecule has 0 aliphatic heterocycles. The second-order valence-corrected chi connectivity index (χ2v) is 1.55. The molecule has 1 rings (SSSR count). The van der Waals surface area contributed by atoms with Crippen molar-refractivity contribution in [3.8, 4) is 0 Å². The zero-order valence-corrected chi connectivity index (χ0v) is 4.47. The van der Waals surface area contributed by atoms with Gasteiger partial charge < -0.3 is 4.42 Å². The first-order chi connectivity index (χ1) is 3.83.